The second-order valence-corrected chi connectivity index (χ2v) is 7.44. The molecule has 4 N–H and O–H groups in total. The maximum Gasteiger partial charge on any atom is 0.321 e. The number of piperazine rings is 1. The summed E-state index contributed by atoms with van der Waals surface area (Å²) in [5.74, 6) is 1.73. The molecule has 11 nitrogen and oxygen atoms in total. The number of nitrogens with one attached hydrogen (secondary N) is 2. The molecule has 0 radical (unpaired) electrons. The largest absolute Gasteiger partial charge is 0.497 e. The van der Waals surface area contributed by atoms with Crippen LogP contribution in [0.25, 0.3) is 11.3 Å². The van der Waals surface area contributed by atoms with Crippen LogP contribution in [0.1, 0.15) is 0 Å². The molecule has 0 bridgehead atoms. The van der Waals surface area contributed by atoms with Crippen LogP contribution in [-0.2, 0) is 0 Å². The molecule has 4 rings (SSSR count). The van der Waals surface area contributed by atoms with Gasteiger partial charge in [-0.3, -0.25) is 4.79 Å². The number of rotatable bonds is 5. The SMILES string of the molecule is COc1ccc(NC(=O)N2CCN(c3nc(N)c4c(=O)c(OC)c(OC)cc-4[nH]3)CC2)cc1. The number of nitrogen functional groups attached to an aromatic ring is 1. The van der Waals surface area contributed by atoms with E-state index in [2.05, 4.69) is 15.3 Å². The van der Waals surface area contributed by atoms with Gasteiger partial charge in [-0.1, -0.05) is 0 Å². The number of benzene rings is 2. The molecule has 1 aliphatic carbocycles. The Morgan fingerprint density at radius 1 is 1.06 bits per heavy atom. The van der Waals surface area contributed by atoms with Crippen LogP contribution >= 0.6 is 0 Å². The Bertz CT molecular complexity index is 1170. The highest BCUT2D eigenvalue weighted by Crippen LogP contribution is 2.33. The summed E-state index contributed by atoms with van der Waals surface area (Å²) in [6, 6.07) is 8.64. The zero-order chi connectivity index (χ0) is 23.5. The summed E-state index contributed by atoms with van der Waals surface area (Å²) in [4.78, 5) is 36.6. The Kier molecular flexibility index (Phi) is 6.11. The molecule has 33 heavy (non-hydrogen) atoms. The number of methoxy groups -OCH3 is 3. The first-order valence-corrected chi connectivity index (χ1v) is 10.3. The molecule has 0 saturated carbocycles. The van der Waals surface area contributed by atoms with E-state index in [1.165, 1.54) is 14.2 Å². The van der Waals surface area contributed by atoms with Gasteiger partial charge in [0.25, 0.3) is 0 Å². The number of aromatic amines is 1. The molecular weight excluding hydrogens is 428 g/mol. The fraction of sp³-hybridized carbons (Fsp3) is 0.318. The first-order chi connectivity index (χ1) is 15.9. The monoisotopic (exact) mass is 454 g/mol. The lowest BCUT2D eigenvalue weighted by Crippen LogP contribution is -2.50. The number of urea groups is 1. The summed E-state index contributed by atoms with van der Waals surface area (Å²) in [6.07, 6.45) is 0. The third-order valence-corrected chi connectivity index (χ3v) is 5.56. The van der Waals surface area contributed by atoms with Crippen LogP contribution in [0.2, 0.25) is 0 Å². The smallest absolute Gasteiger partial charge is 0.321 e. The van der Waals surface area contributed by atoms with E-state index in [0.29, 0.717) is 49.3 Å². The Balaban J connectivity index is 1.48. The summed E-state index contributed by atoms with van der Waals surface area (Å²) >= 11 is 0. The third-order valence-electron chi connectivity index (χ3n) is 5.56. The van der Waals surface area contributed by atoms with Crippen LogP contribution in [-0.4, -0.2) is 68.4 Å². The molecule has 3 aliphatic rings. The molecule has 1 aromatic carbocycles. The highest BCUT2D eigenvalue weighted by molar-refractivity contribution is 5.89. The van der Waals surface area contributed by atoms with Gasteiger partial charge in [0.05, 0.1) is 32.6 Å². The predicted octanol–water partition coefficient (Wildman–Crippen LogP) is 1.84. The number of hydrogen-bond acceptors (Lipinski definition) is 8. The zero-order valence-electron chi connectivity index (χ0n) is 18.7. The third kappa shape index (κ3) is 4.29. The van der Waals surface area contributed by atoms with Crippen molar-refractivity contribution in [1.29, 1.82) is 0 Å². The van der Waals surface area contributed by atoms with Gasteiger partial charge < -0.3 is 40.0 Å². The Morgan fingerprint density at radius 2 is 1.76 bits per heavy atom. The summed E-state index contributed by atoms with van der Waals surface area (Å²) in [5, 5.41) is 2.89. The number of nitrogens with two attached hydrogens (primary N) is 1. The van der Waals surface area contributed by atoms with Crippen molar-refractivity contribution in [2.75, 3.05) is 63.5 Å². The lowest BCUT2D eigenvalue weighted by Gasteiger charge is -2.35. The van der Waals surface area contributed by atoms with Gasteiger partial charge in [-0.05, 0) is 24.3 Å². The van der Waals surface area contributed by atoms with Crippen molar-refractivity contribution in [2.45, 2.75) is 0 Å². The van der Waals surface area contributed by atoms with E-state index in [9.17, 15) is 9.59 Å². The normalized spacial score (nSPS) is 13.7. The van der Waals surface area contributed by atoms with Gasteiger partial charge in [0.1, 0.15) is 11.6 Å². The molecule has 0 unspecified atom stereocenters. The first-order valence-electron chi connectivity index (χ1n) is 10.3. The van der Waals surface area contributed by atoms with Crippen LogP contribution in [0, 0.1) is 0 Å². The van der Waals surface area contributed by atoms with Crippen LogP contribution in [0.4, 0.5) is 22.2 Å². The van der Waals surface area contributed by atoms with E-state index >= 15 is 0 Å². The van der Waals surface area contributed by atoms with Gasteiger partial charge in [0, 0.05) is 37.9 Å². The van der Waals surface area contributed by atoms with Crippen molar-refractivity contribution >= 4 is 23.5 Å². The average molecular weight is 454 g/mol. The van der Waals surface area contributed by atoms with Crippen molar-refractivity contribution in [3.8, 4) is 28.5 Å². The van der Waals surface area contributed by atoms with Gasteiger partial charge in [-0.25, -0.2) is 4.79 Å². The standard InChI is InChI=1S/C22H26N6O5/c1-31-14-6-4-13(5-7-14)24-22(30)28-10-8-27(9-11-28)21-25-15-12-16(32-2)19(33-3)18(29)17(15)20(23)26-21/h4-7,12H,8-11,23H2,1-3H3,(H,24,30)(H,25,26). The highest BCUT2D eigenvalue weighted by atomic mass is 16.5. The van der Waals surface area contributed by atoms with Gasteiger partial charge in [0.15, 0.2) is 5.75 Å². The summed E-state index contributed by atoms with van der Waals surface area (Å²) in [5.41, 5.74) is 7.17. The molecule has 1 aromatic rings. The molecule has 2 heterocycles. The molecule has 11 heteroatoms. The Hall–Kier alpha value is -4.15. The van der Waals surface area contributed by atoms with Gasteiger partial charge >= 0.3 is 6.03 Å². The van der Waals surface area contributed by atoms with E-state index < -0.39 is 0 Å². The molecule has 2 amide bonds. The molecule has 2 aliphatic heterocycles. The number of anilines is 3. The highest BCUT2D eigenvalue weighted by Gasteiger charge is 2.26. The van der Waals surface area contributed by atoms with E-state index in [1.807, 2.05) is 4.90 Å². The van der Waals surface area contributed by atoms with E-state index in [0.717, 1.165) is 5.75 Å². The molecular formula is C22H26N6O5. The van der Waals surface area contributed by atoms with Crippen LogP contribution in [0.5, 0.6) is 17.2 Å². The van der Waals surface area contributed by atoms with Crippen LogP contribution in [0.15, 0.2) is 35.1 Å². The zero-order valence-corrected chi connectivity index (χ0v) is 18.7. The quantitative estimate of drug-likeness (QED) is 0.532. The van der Waals surface area contributed by atoms with Gasteiger partial charge in [0.2, 0.25) is 17.1 Å². The molecule has 1 fully saturated rings. The minimum absolute atomic E-state index is 0.0798. The number of hydrogen-bond donors (Lipinski definition) is 3. The van der Waals surface area contributed by atoms with E-state index in [1.54, 1.807) is 42.3 Å². The van der Waals surface area contributed by atoms with Crippen molar-refractivity contribution in [1.82, 2.24) is 14.9 Å². The molecule has 0 aromatic heterocycles. The fourth-order valence-corrected chi connectivity index (χ4v) is 3.78. The minimum atomic E-state index is -0.389. The topological polar surface area (TPSA) is 135 Å². The second-order valence-electron chi connectivity index (χ2n) is 7.44. The van der Waals surface area contributed by atoms with Crippen molar-refractivity contribution < 1.29 is 19.0 Å². The number of fused-ring (bicyclic) bond motifs is 1. The molecule has 0 atom stereocenters. The maximum atomic E-state index is 12.7. The lowest BCUT2D eigenvalue weighted by atomic mass is 10.1. The molecule has 174 valence electrons. The van der Waals surface area contributed by atoms with Crippen molar-refractivity contribution in [2.24, 2.45) is 0 Å². The second kappa shape index (κ2) is 9.15. The van der Waals surface area contributed by atoms with E-state index in [4.69, 9.17) is 19.9 Å². The average Bonchev–Trinajstić information content (AvgIpc) is 2.84. The maximum absolute atomic E-state index is 12.7. The summed E-state index contributed by atoms with van der Waals surface area (Å²) < 4.78 is 15.6. The van der Waals surface area contributed by atoms with Crippen molar-refractivity contribution in [3.05, 3.63) is 40.6 Å². The Labute approximate surface area is 190 Å². The number of carbonyl (C=O) groups is 1. The summed E-state index contributed by atoms with van der Waals surface area (Å²) in [7, 11) is 4.46. The van der Waals surface area contributed by atoms with Crippen LogP contribution in [0.3, 0.4) is 0 Å². The van der Waals surface area contributed by atoms with E-state index in [-0.39, 0.29) is 28.6 Å². The number of amides is 2. The fourth-order valence-electron chi connectivity index (χ4n) is 3.78. The predicted molar refractivity (Wildman–Crippen MR) is 125 cm³/mol. The molecule has 1 saturated heterocycles. The lowest BCUT2D eigenvalue weighted by molar-refractivity contribution is 0.208. The number of H-pyrrole nitrogens is 1. The molecule has 0 spiro atoms. The Morgan fingerprint density at radius 3 is 2.36 bits per heavy atom. The van der Waals surface area contributed by atoms with Crippen LogP contribution < -0.4 is 35.6 Å². The number of nitrogens with zero attached hydrogens (tertiary/aromatic N) is 3. The van der Waals surface area contributed by atoms with Gasteiger partial charge in [-0.15, -0.1) is 0 Å². The van der Waals surface area contributed by atoms with Gasteiger partial charge in [-0.2, -0.15) is 4.98 Å². The summed E-state index contributed by atoms with van der Waals surface area (Å²) in [6.45, 7) is 2.08. The van der Waals surface area contributed by atoms with Crippen molar-refractivity contribution in [3.63, 3.8) is 0 Å². The number of ether oxygens (including phenoxy) is 3. The number of carbonyl (C=O) groups excluding carboxylic acids is 1. The number of aromatic nitrogens is 2. The minimum Gasteiger partial charge on any atom is -0.497 e. The first kappa shape index (κ1) is 22.1.